The summed E-state index contributed by atoms with van der Waals surface area (Å²) in [7, 11) is 2.15. The van der Waals surface area contributed by atoms with Crippen LogP contribution in [0.5, 0.6) is 0 Å². The van der Waals surface area contributed by atoms with Gasteiger partial charge < -0.3 is 4.90 Å². The Kier molecular flexibility index (Phi) is 6.03. The minimum Gasteiger partial charge on any atom is -0.304 e. The van der Waals surface area contributed by atoms with Gasteiger partial charge in [0.15, 0.2) is 0 Å². The first-order chi connectivity index (χ1) is 16.1. The minimum atomic E-state index is -0.255. The molecule has 4 nitrogen and oxygen atoms in total. The lowest BCUT2D eigenvalue weighted by Crippen LogP contribution is -2.43. The third-order valence-corrected chi connectivity index (χ3v) is 6.24. The fourth-order valence-electron chi connectivity index (χ4n) is 4.29. The minimum absolute atomic E-state index is 0.247. The summed E-state index contributed by atoms with van der Waals surface area (Å²) in [5.41, 5.74) is 5.91. The summed E-state index contributed by atoms with van der Waals surface area (Å²) >= 11 is 0. The predicted octanol–water partition coefficient (Wildman–Crippen LogP) is 5.23. The summed E-state index contributed by atoms with van der Waals surface area (Å²) in [5, 5.41) is 4.72. The molecule has 5 rings (SSSR count). The molecule has 0 amide bonds. The molecule has 0 radical (unpaired) electrons. The monoisotopic (exact) mass is 444 g/mol. The highest BCUT2D eigenvalue weighted by molar-refractivity contribution is 5.68. The molecule has 168 valence electrons. The highest BCUT2D eigenvalue weighted by Crippen LogP contribution is 2.29. The molecular formula is C27H26F2N4. The van der Waals surface area contributed by atoms with E-state index in [4.69, 9.17) is 5.10 Å². The van der Waals surface area contributed by atoms with Gasteiger partial charge in [-0.2, -0.15) is 5.10 Å². The second kappa shape index (κ2) is 9.25. The Morgan fingerprint density at radius 2 is 1.21 bits per heavy atom. The lowest BCUT2D eigenvalue weighted by molar-refractivity contribution is 0.148. The molecule has 1 aliphatic rings. The van der Waals surface area contributed by atoms with Crippen LogP contribution in [0, 0.1) is 11.6 Å². The normalized spacial score (nSPS) is 15.1. The van der Waals surface area contributed by atoms with E-state index >= 15 is 0 Å². The van der Waals surface area contributed by atoms with E-state index in [0.717, 1.165) is 66.4 Å². The smallest absolute Gasteiger partial charge is 0.123 e. The van der Waals surface area contributed by atoms with E-state index in [-0.39, 0.29) is 11.6 Å². The number of piperazine rings is 1. The number of halogens is 2. The van der Waals surface area contributed by atoms with Crippen LogP contribution in [0.2, 0.25) is 0 Å². The number of hydrogen-bond acceptors (Lipinski definition) is 3. The highest BCUT2D eigenvalue weighted by Gasteiger charge is 2.20. The molecule has 1 aliphatic heterocycles. The molecule has 0 unspecified atom stereocenters. The van der Waals surface area contributed by atoms with Crippen molar-refractivity contribution in [1.82, 2.24) is 19.6 Å². The Morgan fingerprint density at radius 3 is 1.79 bits per heavy atom. The van der Waals surface area contributed by atoms with Crippen molar-refractivity contribution in [3.05, 3.63) is 96.2 Å². The van der Waals surface area contributed by atoms with Crippen molar-refractivity contribution in [3.8, 4) is 28.1 Å². The fourth-order valence-corrected chi connectivity index (χ4v) is 4.29. The van der Waals surface area contributed by atoms with Crippen LogP contribution in [0.25, 0.3) is 28.1 Å². The first-order valence-electron chi connectivity index (χ1n) is 11.2. The van der Waals surface area contributed by atoms with Crippen molar-refractivity contribution >= 4 is 0 Å². The second-order valence-electron chi connectivity index (χ2n) is 8.57. The number of nitrogens with zero attached hydrogens (tertiary/aromatic N) is 4. The molecule has 1 aromatic heterocycles. The molecule has 0 spiro atoms. The standard InChI is InChI=1S/C27H26F2N4/c1-31-14-16-32(17-15-31)19-23-18-30-33(27(23)22-4-10-25(29)11-5-22)26-12-6-21(7-13-26)20-2-8-24(28)9-3-20/h2-13,18H,14-17,19H2,1H3. The van der Waals surface area contributed by atoms with Gasteiger partial charge in [-0.3, -0.25) is 4.90 Å². The number of aromatic nitrogens is 2. The third kappa shape index (κ3) is 4.72. The summed E-state index contributed by atoms with van der Waals surface area (Å²) in [6.45, 7) is 4.91. The van der Waals surface area contributed by atoms with Gasteiger partial charge in [-0.1, -0.05) is 24.3 Å². The Labute approximate surface area is 192 Å². The zero-order valence-electron chi connectivity index (χ0n) is 18.6. The van der Waals surface area contributed by atoms with Gasteiger partial charge >= 0.3 is 0 Å². The van der Waals surface area contributed by atoms with Crippen molar-refractivity contribution in [2.75, 3.05) is 33.2 Å². The first kappa shape index (κ1) is 21.5. The second-order valence-corrected chi connectivity index (χ2v) is 8.57. The van der Waals surface area contributed by atoms with Crippen LogP contribution in [-0.4, -0.2) is 52.8 Å². The topological polar surface area (TPSA) is 24.3 Å². The summed E-state index contributed by atoms with van der Waals surface area (Å²) in [5.74, 6) is -0.502. The lowest BCUT2D eigenvalue weighted by Gasteiger charge is -2.32. The number of benzene rings is 3. The fraction of sp³-hybridized carbons (Fsp3) is 0.222. The zero-order chi connectivity index (χ0) is 22.8. The molecule has 0 aliphatic carbocycles. The summed E-state index contributed by atoms with van der Waals surface area (Å²) < 4.78 is 28.8. The van der Waals surface area contributed by atoms with Gasteiger partial charge in [0, 0.05) is 43.9 Å². The predicted molar refractivity (Wildman–Crippen MR) is 127 cm³/mol. The molecular weight excluding hydrogens is 418 g/mol. The number of hydrogen-bond donors (Lipinski definition) is 0. The van der Waals surface area contributed by atoms with Gasteiger partial charge in [0.05, 0.1) is 17.6 Å². The van der Waals surface area contributed by atoms with Crippen molar-refractivity contribution in [3.63, 3.8) is 0 Å². The van der Waals surface area contributed by atoms with E-state index in [1.165, 1.54) is 24.3 Å². The third-order valence-electron chi connectivity index (χ3n) is 6.24. The van der Waals surface area contributed by atoms with E-state index in [1.807, 2.05) is 47.3 Å². The largest absolute Gasteiger partial charge is 0.304 e. The maximum absolute atomic E-state index is 13.6. The van der Waals surface area contributed by atoms with Gasteiger partial charge in [-0.05, 0) is 66.7 Å². The van der Waals surface area contributed by atoms with Gasteiger partial charge in [0.25, 0.3) is 0 Å². The van der Waals surface area contributed by atoms with Gasteiger partial charge in [-0.15, -0.1) is 0 Å². The average molecular weight is 445 g/mol. The molecule has 0 atom stereocenters. The Balaban J connectivity index is 1.49. The molecule has 3 aromatic carbocycles. The lowest BCUT2D eigenvalue weighted by atomic mass is 10.0. The van der Waals surface area contributed by atoms with E-state index in [1.54, 1.807) is 12.1 Å². The van der Waals surface area contributed by atoms with Crippen molar-refractivity contribution in [1.29, 1.82) is 0 Å². The Hall–Kier alpha value is -3.35. The van der Waals surface area contributed by atoms with Crippen molar-refractivity contribution in [2.24, 2.45) is 0 Å². The van der Waals surface area contributed by atoms with E-state index in [2.05, 4.69) is 16.8 Å². The van der Waals surface area contributed by atoms with Crippen LogP contribution in [-0.2, 0) is 6.54 Å². The van der Waals surface area contributed by atoms with Crippen LogP contribution in [0.1, 0.15) is 5.56 Å². The van der Waals surface area contributed by atoms with Crippen LogP contribution < -0.4 is 0 Å². The molecule has 0 bridgehead atoms. The van der Waals surface area contributed by atoms with E-state index in [0.29, 0.717) is 0 Å². The molecule has 0 saturated carbocycles. The average Bonchev–Trinajstić information content (AvgIpc) is 3.25. The number of rotatable bonds is 5. The Bertz CT molecular complexity index is 1210. The van der Waals surface area contributed by atoms with Crippen LogP contribution in [0.4, 0.5) is 8.78 Å². The summed E-state index contributed by atoms with van der Waals surface area (Å²) in [6.07, 6.45) is 1.92. The van der Waals surface area contributed by atoms with Gasteiger partial charge in [-0.25, -0.2) is 13.5 Å². The van der Waals surface area contributed by atoms with Crippen molar-refractivity contribution < 1.29 is 8.78 Å². The maximum atomic E-state index is 13.6. The molecule has 1 saturated heterocycles. The molecule has 0 N–H and O–H groups in total. The van der Waals surface area contributed by atoms with E-state index in [9.17, 15) is 8.78 Å². The number of likely N-dealkylation sites (N-methyl/N-ethyl adjacent to an activating group) is 1. The quantitative estimate of drug-likeness (QED) is 0.421. The maximum Gasteiger partial charge on any atom is 0.123 e. The van der Waals surface area contributed by atoms with Crippen LogP contribution in [0.15, 0.2) is 79.0 Å². The van der Waals surface area contributed by atoms with Gasteiger partial charge in [0.2, 0.25) is 0 Å². The first-order valence-corrected chi connectivity index (χ1v) is 11.2. The molecule has 33 heavy (non-hydrogen) atoms. The molecule has 2 heterocycles. The van der Waals surface area contributed by atoms with Gasteiger partial charge in [0.1, 0.15) is 11.6 Å². The highest BCUT2D eigenvalue weighted by atomic mass is 19.1. The summed E-state index contributed by atoms with van der Waals surface area (Å²) in [4.78, 5) is 4.77. The molecule has 4 aromatic rings. The molecule has 6 heteroatoms. The van der Waals surface area contributed by atoms with Crippen LogP contribution >= 0.6 is 0 Å². The Morgan fingerprint density at radius 1 is 0.697 bits per heavy atom. The SMILES string of the molecule is CN1CCN(Cc2cnn(-c3ccc(-c4ccc(F)cc4)cc3)c2-c2ccc(F)cc2)CC1. The molecule has 1 fully saturated rings. The zero-order valence-corrected chi connectivity index (χ0v) is 18.6. The van der Waals surface area contributed by atoms with Crippen LogP contribution in [0.3, 0.4) is 0 Å². The summed E-state index contributed by atoms with van der Waals surface area (Å²) in [6, 6.07) is 21.1. The van der Waals surface area contributed by atoms with Crippen molar-refractivity contribution in [2.45, 2.75) is 6.54 Å². The van der Waals surface area contributed by atoms with E-state index < -0.39 is 0 Å².